The summed E-state index contributed by atoms with van der Waals surface area (Å²) in [6, 6.07) is 0. The highest BCUT2D eigenvalue weighted by Gasteiger charge is 2.18. The molecule has 8 heteroatoms. The van der Waals surface area contributed by atoms with Gasteiger partial charge in [-0.1, -0.05) is 0 Å². The van der Waals surface area contributed by atoms with Crippen molar-refractivity contribution in [2.24, 2.45) is 0 Å². The monoisotopic (exact) mass is 254 g/mol. The molecule has 0 saturated heterocycles. The Labute approximate surface area is 95.4 Å². The minimum Gasteiger partial charge on any atom is -0.480 e. The Balaban J connectivity index is 3.80. The Morgan fingerprint density at radius 1 is 1.38 bits per heavy atom. The van der Waals surface area contributed by atoms with Gasteiger partial charge in [0.05, 0.1) is 6.61 Å². The standard InChI is InChI=1S/C8H18N2O5S/c1-8(2,3)10-16(13,14)9-4-5-15-6-7(11)12/h9-10H,4-6H2,1-3H3,(H,11,12). The lowest BCUT2D eigenvalue weighted by molar-refractivity contribution is -0.142. The van der Waals surface area contributed by atoms with Crippen LogP contribution in [-0.2, 0) is 19.7 Å². The molecular weight excluding hydrogens is 236 g/mol. The smallest absolute Gasteiger partial charge is 0.329 e. The van der Waals surface area contributed by atoms with Gasteiger partial charge < -0.3 is 9.84 Å². The van der Waals surface area contributed by atoms with Crippen LogP contribution in [0.5, 0.6) is 0 Å². The molecule has 0 aromatic carbocycles. The van der Waals surface area contributed by atoms with Crippen LogP contribution in [-0.4, -0.2) is 44.8 Å². The Morgan fingerprint density at radius 2 is 1.94 bits per heavy atom. The number of carboxylic acids is 1. The van der Waals surface area contributed by atoms with Gasteiger partial charge >= 0.3 is 5.97 Å². The summed E-state index contributed by atoms with van der Waals surface area (Å²) in [4.78, 5) is 10.1. The van der Waals surface area contributed by atoms with E-state index in [1.165, 1.54) is 0 Å². The van der Waals surface area contributed by atoms with Crippen molar-refractivity contribution in [2.45, 2.75) is 26.3 Å². The molecule has 0 heterocycles. The van der Waals surface area contributed by atoms with Crippen LogP contribution in [0.2, 0.25) is 0 Å². The second-order valence-electron chi connectivity index (χ2n) is 4.20. The van der Waals surface area contributed by atoms with E-state index < -0.39 is 28.3 Å². The highest BCUT2D eigenvalue weighted by atomic mass is 32.2. The molecule has 16 heavy (non-hydrogen) atoms. The fourth-order valence-electron chi connectivity index (χ4n) is 0.847. The van der Waals surface area contributed by atoms with E-state index in [0.29, 0.717) is 0 Å². The molecule has 0 spiro atoms. The number of hydrogen-bond acceptors (Lipinski definition) is 4. The molecule has 0 amide bonds. The van der Waals surface area contributed by atoms with E-state index in [0.717, 1.165) is 0 Å². The van der Waals surface area contributed by atoms with Crippen molar-refractivity contribution in [3.05, 3.63) is 0 Å². The zero-order valence-electron chi connectivity index (χ0n) is 9.61. The predicted molar refractivity (Wildman–Crippen MR) is 58.3 cm³/mol. The summed E-state index contributed by atoms with van der Waals surface area (Å²) in [6.07, 6.45) is 0. The number of hydrogen-bond donors (Lipinski definition) is 3. The maximum atomic E-state index is 11.3. The van der Waals surface area contributed by atoms with Crippen molar-refractivity contribution in [3.8, 4) is 0 Å². The zero-order chi connectivity index (χ0) is 12.8. The average Bonchev–Trinajstić information content (AvgIpc) is 1.97. The molecule has 0 atom stereocenters. The van der Waals surface area contributed by atoms with Gasteiger partial charge in [0.1, 0.15) is 6.61 Å². The first-order valence-electron chi connectivity index (χ1n) is 4.70. The molecule has 0 aliphatic heterocycles. The predicted octanol–water partition coefficient (Wildman–Crippen LogP) is -0.690. The molecule has 0 fully saturated rings. The fraction of sp³-hybridized carbons (Fsp3) is 0.875. The van der Waals surface area contributed by atoms with Crippen molar-refractivity contribution in [1.29, 1.82) is 0 Å². The summed E-state index contributed by atoms with van der Waals surface area (Å²) in [7, 11) is -3.57. The summed E-state index contributed by atoms with van der Waals surface area (Å²) in [6.45, 7) is 4.75. The van der Waals surface area contributed by atoms with Crippen LogP contribution < -0.4 is 9.44 Å². The van der Waals surface area contributed by atoms with Gasteiger partial charge in [0.15, 0.2) is 0 Å². The largest absolute Gasteiger partial charge is 0.480 e. The Hall–Kier alpha value is -0.700. The van der Waals surface area contributed by atoms with Crippen LogP contribution in [0.3, 0.4) is 0 Å². The van der Waals surface area contributed by atoms with Crippen molar-refractivity contribution in [1.82, 2.24) is 9.44 Å². The van der Waals surface area contributed by atoms with E-state index in [4.69, 9.17) is 5.11 Å². The molecule has 3 N–H and O–H groups in total. The minimum absolute atomic E-state index is 0.0113. The van der Waals surface area contributed by atoms with Crippen LogP contribution in [0.25, 0.3) is 0 Å². The van der Waals surface area contributed by atoms with Crippen molar-refractivity contribution >= 4 is 16.2 Å². The topological polar surface area (TPSA) is 105 Å². The van der Waals surface area contributed by atoms with Gasteiger partial charge in [-0.25, -0.2) is 4.79 Å². The maximum absolute atomic E-state index is 11.3. The van der Waals surface area contributed by atoms with Crippen LogP contribution in [0.1, 0.15) is 20.8 Å². The number of ether oxygens (including phenoxy) is 1. The lowest BCUT2D eigenvalue weighted by atomic mass is 10.1. The van der Waals surface area contributed by atoms with Crippen LogP contribution in [0.4, 0.5) is 0 Å². The number of carbonyl (C=O) groups is 1. The molecule has 0 radical (unpaired) electrons. The van der Waals surface area contributed by atoms with E-state index in [-0.39, 0.29) is 13.2 Å². The van der Waals surface area contributed by atoms with Gasteiger partial charge in [0.25, 0.3) is 10.2 Å². The third-order valence-corrected chi connectivity index (χ3v) is 2.67. The number of rotatable bonds is 7. The Kier molecular flexibility index (Phi) is 5.87. The van der Waals surface area contributed by atoms with E-state index in [1.807, 2.05) is 0 Å². The first kappa shape index (κ1) is 15.3. The van der Waals surface area contributed by atoms with Gasteiger partial charge in [-0.15, -0.1) is 0 Å². The first-order chi connectivity index (χ1) is 7.12. The number of nitrogens with one attached hydrogen (secondary N) is 2. The molecular formula is C8H18N2O5S. The Morgan fingerprint density at radius 3 is 2.38 bits per heavy atom. The van der Waals surface area contributed by atoms with Crippen molar-refractivity contribution in [3.63, 3.8) is 0 Å². The van der Waals surface area contributed by atoms with Gasteiger partial charge in [-0.3, -0.25) is 0 Å². The van der Waals surface area contributed by atoms with Crippen LogP contribution >= 0.6 is 0 Å². The molecule has 0 rings (SSSR count). The first-order valence-corrected chi connectivity index (χ1v) is 6.19. The SMILES string of the molecule is CC(C)(C)NS(=O)(=O)NCCOCC(=O)O. The lowest BCUT2D eigenvalue weighted by Gasteiger charge is -2.20. The van der Waals surface area contributed by atoms with Gasteiger partial charge in [0.2, 0.25) is 0 Å². The fourth-order valence-corrected chi connectivity index (χ4v) is 2.08. The third kappa shape index (κ3) is 9.84. The van der Waals surface area contributed by atoms with E-state index in [9.17, 15) is 13.2 Å². The zero-order valence-corrected chi connectivity index (χ0v) is 10.4. The highest BCUT2D eigenvalue weighted by Crippen LogP contribution is 1.99. The van der Waals surface area contributed by atoms with Gasteiger partial charge in [0, 0.05) is 12.1 Å². The molecule has 0 unspecified atom stereocenters. The number of aliphatic carboxylic acids is 1. The summed E-state index contributed by atoms with van der Waals surface area (Å²) >= 11 is 0. The molecule has 0 bridgehead atoms. The maximum Gasteiger partial charge on any atom is 0.329 e. The molecule has 0 aromatic rings. The Bertz CT molecular complexity index is 320. The second kappa shape index (κ2) is 6.14. The normalized spacial score (nSPS) is 12.7. The molecule has 0 aliphatic carbocycles. The molecule has 96 valence electrons. The van der Waals surface area contributed by atoms with E-state index in [1.54, 1.807) is 20.8 Å². The second-order valence-corrected chi connectivity index (χ2v) is 5.70. The van der Waals surface area contributed by atoms with Crippen molar-refractivity contribution < 1.29 is 23.1 Å². The summed E-state index contributed by atoms with van der Waals surface area (Å²) in [5.74, 6) is -1.09. The molecule has 0 aromatic heterocycles. The van der Waals surface area contributed by atoms with Crippen LogP contribution in [0.15, 0.2) is 0 Å². The number of carboxylic acid groups (broad SMARTS) is 1. The average molecular weight is 254 g/mol. The van der Waals surface area contributed by atoms with Crippen LogP contribution in [0, 0.1) is 0 Å². The highest BCUT2D eigenvalue weighted by molar-refractivity contribution is 7.87. The van der Waals surface area contributed by atoms with Crippen molar-refractivity contribution in [2.75, 3.05) is 19.8 Å². The van der Waals surface area contributed by atoms with E-state index >= 15 is 0 Å². The third-order valence-electron chi connectivity index (χ3n) is 1.20. The molecule has 7 nitrogen and oxygen atoms in total. The summed E-state index contributed by atoms with van der Waals surface area (Å²) in [5.41, 5.74) is -0.562. The van der Waals surface area contributed by atoms with Gasteiger partial charge in [-0.2, -0.15) is 17.9 Å². The summed E-state index contributed by atoms with van der Waals surface area (Å²) < 4.78 is 32.0. The van der Waals surface area contributed by atoms with Gasteiger partial charge in [-0.05, 0) is 20.8 Å². The molecule has 0 aliphatic rings. The minimum atomic E-state index is -3.57. The molecule has 0 saturated carbocycles. The van der Waals surface area contributed by atoms with E-state index in [2.05, 4.69) is 14.2 Å². The summed E-state index contributed by atoms with van der Waals surface area (Å²) in [5, 5.41) is 8.25. The lowest BCUT2D eigenvalue weighted by Crippen LogP contribution is -2.47. The quantitative estimate of drug-likeness (QED) is 0.522.